The van der Waals surface area contributed by atoms with Gasteiger partial charge in [-0.05, 0) is 6.07 Å². The molecule has 0 saturated carbocycles. The van der Waals surface area contributed by atoms with Crippen molar-refractivity contribution in [2.75, 3.05) is 5.32 Å². The molecule has 0 radical (unpaired) electrons. The van der Waals surface area contributed by atoms with Crippen LogP contribution in [0.4, 0.5) is 5.69 Å². The first-order valence-corrected chi connectivity index (χ1v) is 5.79. The van der Waals surface area contributed by atoms with Gasteiger partial charge in [0, 0.05) is 5.39 Å². The number of hydrogen-bond acceptors (Lipinski definition) is 5. The smallest absolute Gasteiger partial charge is 0.276 e. The van der Waals surface area contributed by atoms with Gasteiger partial charge in [-0.25, -0.2) is 15.1 Å². The normalized spacial score (nSPS) is 10.4. The maximum Gasteiger partial charge on any atom is 0.276 e. The van der Waals surface area contributed by atoms with E-state index < -0.39 is 5.91 Å². The average molecular weight is 267 g/mol. The topological polar surface area (TPSA) is 101 Å². The number of aromatic amines is 1. The van der Waals surface area contributed by atoms with E-state index in [2.05, 4.69) is 25.5 Å². The average Bonchev–Trinajstić information content (AvgIpc) is 2.49. The molecule has 0 saturated heterocycles. The van der Waals surface area contributed by atoms with Crippen LogP contribution in [0.1, 0.15) is 10.5 Å². The summed E-state index contributed by atoms with van der Waals surface area (Å²) in [4.78, 5) is 31.4. The molecule has 1 amide bonds. The summed E-state index contributed by atoms with van der Waals surface area (Å²) < 4.78 is 0. The maximum atomic E-state index is 12.2. The number of hydrogen-bond donors (Lipinski definition) is 2. The van der Waals surface area contributed by atoms with Crippen LogP contribution in [0, 0.1) is 0 Å². The van der Waals surface area contributed by atoms with Crippen LogP contribution in [-0.2, 0) is 0 Å². The van der Waals surface area contributed by atoms with E-state index in [1.165, 1.54) is 18.7 Å². The molecule has 3 rings (SSSR count). The highest BCUT2D eigenvalue weighted by Crippen LogP contribution is 2.13. The summed E-state index contributed by atoms with van der Waals surface area (Å²) in [6, 6.07) is 6.78. The fraction of sp³-hybridized carbons (Fsp3) is 0. The highest BCUT2D eigenvalue weighted by Gasteiger charge is 2.14. The molecular formula is C13H9N5O2. The van der Waals surface area contributed by atoms with Gasteiger partial charge in [-0.1, -0.05) is 18.2 Å². The highest BCUT2D eigenvalue weighted by atomic mass is 16.2. The predicted octanol–water partition coefficient (Wildman–Crippen LogP) is 0.965. The lowest BCUT2D eigenvalue weighted by molar-refractivity contribution is 0.102. The molecule has 1 aromatic carbocycles. The fourth-order valence-electron chi connectivity index (χ4n) is 1.84. The first-order valence-electron chi connectivity index (χ1n) is 5.79. The number of fused-ring (bicyclic) bond motifs is 1. The largest absolute Gasteiger partial charge is 0.318 e. The van der Waals surface area contributed by atoms with Gasteiger partial charge in [0.05, 0.1) is 23.5 Å². The molecule has 7 nitrogen and oxygen atoms in total. The van der Waals surface area contributed by atoms with Crippen LogP contribution in [-0.4, -0.2) is 26.1 Å². The zero-order valence-electron chi connectivity index (χ0n) is 10.2. The Hall–Kier alpha value is -3.09. The lowest BCUT2D eigenvalue weighted by Crippen LogP contribution is -2.19. The molecule has 2 heterocycles. The van der Waals surface area contributed by atoms with Crippen molar-refractivity contribution in [1.29, 1.82) is 0 Å². The molecule has 0 fully saturated rings. The summed E-state index contributed by atoms with van der Waals surface area (Å²) in [6.45, 7) is 0. The van der Waals surface area contributed by atoms with Crippen molar-refractivity contribution in [3.63, 3.8) is 0 Å². The second kappa shape index (κ2) is 4.88. The minimum absolute atomic E-state index is 0.143. The number of carbonyl (C=O) groups is 1. The predicted molar refractivity (Wildman–Crippen MR) is 72.3 cm³/mol. The molecule has 2 aromatic heterocycles. The second-order valence-corrected chi connectivity index (χ2v) is 4.03. The van der Waals surface area contributed by atoms with Crippen molar-refractivity contribution in [3.05, 3.63) is 59.0 Å². The molecule has 2 N–H and O–H groups in total. The lowest BCUT2D eigenvalue weighted by Gasteiger charge is -2.05. The number of aromatic nitrogens is 4. The molecule has 0 spiro atoms. The van der Waals surface area contributed by atoms with Gasteiger partial charge in [-0.3, -0.25) is 9.59 Å². The number of carbonyl (C=O) groups excluding carboxylic acids is 1. The van der Waals surface area contributed by atoms with Crippen molar-refractivity contribution in [3.8, 4) is 0 Å². The first-order chi connectivity index (χ1) is 9.75. The van der Waals surface area contributed by atoms with Crippen LogP contribution >= 0.6 is 0 Å². The van der Waals surface area contributed by atoms with Crippen molar-refractivity contribution >= 4 is 22.4 Å². The summed E-state index contributed by atoms with van der Waals surface area (Å²) in [7, 11) is 0. The molecule has 20 heavy (non-hydrogen) atoms. The molecule has 0 aliphatic carbocycles. The zero-order chi connectivity index (χ0) is 13.9. The Morgan fingerprint density at radius 3 is 2.55 bits per heavy atom. The summed E-state index contributed by atoms with van der Waals surface area (Å²) in [5, 5.41) is 9.65. The molecular weight excluding hydrogens is 258 g/mol. The number of nitrogens with zero attached hydrogens (tertiary/aromatic N) is 3. The molecule has 0 unspecified atom stereocenters. The van der Waals surface area contributed by atoms with E-state index in [0.717, 1.165) is 0 Å². The lowest BCUT2D eigenvalue weighted by atomic mass is 10.1. The van der Waals surface area contributed by atoms with Crippen LogP contribution < -0.4 is 10.9 Å². The molecule has 0 aliphatic heterocycles. The van der Waals surface area contributed by atoms with E-state index >= 15 is 0 Å². The van der Waals surface area contributed by atoms with Gasteiger partial charge in [0.25, 0.3) is 11.5 Å². The van der Waals surface area contributed by atoms with E-state index in [9.17, 15) is 9.59 Å². The van der Waals surface area contributed by atoms with E-state index in [1.807, 2.05) is 0 Å². The molecule has 0 bridgehead atoms. The number of rotatable bonds is 2. The summed E-state index contributed by atoms with van der Waals surface area (Å²) in [5.74, 6) is -0.438. The van der Waals surface area contributed by atoms with E-state index in [-0.39, 0.29) is 11.3 Å². The van der Waals surface area contributed by atoms with E-state index in [0.29, 0.717) is 16.5 Å². The Morgan fingerprint density at radius 1 is 1.10 bits per heavy atom. The van der Waals surface area contributed by atoms with Crippen molar-refractivity contribution in [2.24, 2.45) is 0 Å². The van der Waals surface area contributed by atoms with Gasteiger partial charge in [-0.15, -0.1) is 0 Å². The Labute approximate surface area is 112 Å². The van der Waals surface area contributed by atoms with Gasteiger partial charge in [0.1, 0.15) is 6.33 Å². The Morgan fingerprint density at radius 2 is 1.80 bits per heavy atom. The van der Waals surface area contributed by atoms with E-state index in [4.69, 9.17) is 0 Å². The number of anilines is 1. The summed E-state index contributed by atoms with van der Waals surface area (Å²) >= 11 is 0. The monoisotopic (exact) mass is 267 g/mol. The van der Waals surface area contributed by atoms with Crippen LogP contribution in [0.5, 0.6) is 0 Å². The van der Waals surface area contributed by atoms with E-state index in [1.54, 1.807) is 24.3 Å². The van der Waals surface area contributed by atoms with Crippen LogP contribution in [0.2, 0.25) is 0 Å². The van der Waals surface area contributed by atoms with Gasteiger partial charge < -0.3 is 5.32 Å². The Bertz CT molecular complexity index is 829. The number of amides is 1. The molecule has 0 atom stereocenters. The number of H-pyrrole nitrogens is 1. The summed E-state index contributed by atoms with van der Waals surface area (Å²) in [5.41, 5.74) is 0.263. The molecule has 98 valence electrons. The van der Waals surface area contributed by atoms with Crippen molar-refractivity contribution in [1.82, 2.24) is 20.2 Å². The standard InChI is InChI=1S/C13H9N5O2/c19-12-10-4-2-1-3-9(10)11(17-18-12)13(20)16-8-5-14-7-15-6-8/h1-7H,(H,16,20)(H,18,19). The third kappa shape index (κ3) is 2.12. The van der Waals surface area contributed by atoms with Gasteiger partial charge in [0.2, 0.25) is 0 Å². The highest BCUT2D eigenvalue weighted by molar-refractivity contribution is 6.10. The number of benzene rings is 1. The third-order valence-corrected chi connectivity index (χ3v) is 2.73. The molecule has 0 aliphatic rings. The van der Waals surface area contributed by atoms with Crippen LogP contribution in [0.3, 0.4) is 0 Å². The minimum atomic E-state index is -0.438. The first kappa shape index (κ1) is 12.0. The van der Waals surface area contributed by atoms with Gasteiger partial charge in [-0.2, -0.15) is 5.10 Å². The fourth-order valence-corrected chi connectivity index (χ4v) is 1.84. The van der Waals surface area contributed by atoms with Crippen molar-refractivity contribution < 1.29 is 4.79 Å². The zero-order valence-corrected chi connectivity index (χ0v) is 10.2. The minimum Gasteiger partial charge on any atom is -0.318 e. The SMILES string of the molecule is O=C(Nc1cncnc1)c1n[nH]c(=O)c2ccccc12. The quantitative estimate of drug-likeness (QED) is 0.720. The maximum absolute atomic E-state index is 12.2. The van der Waals surface area contributed by atoms with Crippen LogP contribution in [0.15, 0.2) is 47.8 Å². The summed E-state index contributed by atoms with van der Waals surface area (Å²) in [6.07, 6.45) is 4.31. The molecule has 3 aromatic rings. The Balaban J connectivity index is 2.04. The van der Waals surface area contributed by atoms with Gasteiger partial charge >= 0.3 is 0 Å². The van der Waals surface area contributed by atoms with Gasteiger partial charge in [0.15, 0.2) is 5.69 Å². The Kier molecular flexibility index (Phi) is 2.92. The van der Waals surface area contributed by atoms with Crippen LogP contribution in [0.25, 0.3) is 10.8 Å². The van der Waals surface area contributed by atoms with Crippen molar-refractivity contribution in [2.45, 2.75) is 0 Å². The number of nitrogens with one attached hydrogen (secondary N) is 2. The second-order valence-electron chi connectivity index (χ2n) is 4.03. The molecule has 7 heteroatoms. The third-order valence-electron chi connectivity index (χ3n) is 2.73.